The van der Waals surface area contributed by atoms with Crippen LogP contribution < -0.4 is 5.32 Å². The maximum atomic E-state index is 11.8. The second-order valence-electron chi connectivity index (χ2n) is 4.14. The normalized spacial score (nSPS) is 13.6. The summed E-state index contributed by atoms with van der Waals surface area (Å²) in [6.45, 7) is 0.777. The maximum Gasteiger partial charge on any atom is 0.251 e. The Labute approximate surface area is 110 Å². The summed E-state index contributed by atoms with van der Waals surface area (Å²) in [7, 11) is 0. The Hall–Kier alpha value is -0.580. The Balaban J connectivity index is 2.01. The van der Waals surface area contributed by atoms with Crippen molar-refractivity contribution in [3.63, 3.8) is 0 Å². The van der Waals surface area contributed by atoms with Gasteiger partial charge in [0.15, 0.2) is 0 Å². The molecule has 0 radical (unpaired) electrons. The molecule has 2 rings (SSSR count). The molecule has 1 aliphatic rings. The number of aryl methyl sites for hydroxylation is 2. The van der Waals surface area contributed by atoms with Gasteiger partial charge in [-0.2, -0.15) is 0 Å². The van der Waals surface area contributed by atoms with E-state index in [4.69, 9.17) is 0 Å². The predicted octanol–water partition coefficient (Wildman–Crippen LogP) is 2.73. The van der Waals surface area contributed by atoms with Gasteiger partial charge in [0.25, 0.3) is 5.91 Å². The largest absolute Gasteiger partial charge is 0.352 e. The van der Waals surface area contributed by atoms with Gasteiger partial charge in [0.1, 0.15) is 0 Å². The molecule has 2 nitrogen and oxygen atoms in total. The minimum atomic E-state index is 0.0690. The van der Waals surface area contributed by atoms with E-state index in [1.807, 2.05) is 6.07 Å². The molecule has 1 aliphatic carbocycles. The first-order chi connectivity index (χ1) is 7.81. The van der Waals surface area contributed by atoms with Gasteiger partial charge in [0, 0.05) is 16.5 Å². The summed E-state index contributed by atoms with van der Waals surface area (Å²) in [6.07, 6.45) is 4.57. The van der Waals surface area contributed by atoms with Crippen LogP contribution in [0.15, 0.2) is 18.2 Å². The van der Waals surface area contributed by atoms with Crippen LogP contribution in [0, 0.1) is 0 Å². The van der Waals surface area contributed by atoms with E-state index in [-0.39, 0.29) is 5.91 Å². The van der Waals surface area contributed by atoms with Gasteiger partial charge < -0.3 is 5.32 Å². The predicted molar refractivity (Wildman–Crippen MR) is 74.3 cm³/mol. The van der Waals surface area contributed by atoms with E-state index in [1.165, 1.54) is 24.0 Å². The Morgan fingerprint density at radius 2 is 2.12 bits per heavy atom. The first-order valence-electron chi connectivity index (χ1n) is 5.77. The summed E-state index contributed by atoms with van der Waals surface area (Å²) in [4.78, 5) is 11.8. The SMILES string of the molecule is O=C(NCCCI)c1ccc2c(c1)CCC2. The third kappa shape index (κ3) is 2.75. The zero-order valence-electron chi connectivity index (χ0n) is 9.26. The van der Waals surface area contributed by atoms with Gasteiger partial charge in [-0.15, -0.1) is 0 Å². The number of nitrogens with one attached hydrogen (secondary N) is 1. The molecule has 0 saturated heterocycles. The first kappa shape index (κ1) is 11.9. The van der Waals surface area contributed by atoms with E-state index in [9.17, 15) is 4.79 Å². The van der Waals surface area contributed by atoms with E-state index in [0.29, 0.717) is 0 Å². The molecule has 0 bridgehead atoms. The lowest BCUT2D eigenvalue weighted by Gasteiger charge is -2.06. The van der Waals surface area contributed by atoms with Crippen LogP contribution in [0.5, 0.6) is 0 Å². The molecule has 86 valence electrons. The molecule has 0 fully saturated rings. The number of hydrogen-bond acceptors (Lipinski definition) is 1. The number of rotatable bonds is 4. The molecule has 0 heterocycles. The van der Waals surface area contributed by atoms with Crippen molar-refractivity contribution in [1.82, 2.24) is 5.32 Å². The molecule has 16 heavy (non-hydrogen) atoms. The van der Waals surface area contributed by atoms with Gasteiger partial charge in [-0.05, 0) is 48.9 Å². The number of carbonyl (C=O) groups excluding carboxylic acids is 1. The Bertz CT molecular complexity index is 390. The number of alkyl halides is 1. The van der Waals surface area contributed by atoms with Gasteiger partial charge in [0.2, 0.25) is 0 Å². The molecule has 0 spiro atoms. The summed E-state index contributed by atoms with van der Waals surface area (Å²) >= 11 is 2.32. The van der Waals surface area contributed by atoms with Crippen LogP contribution in [-0.2, 0) is 12.8 Å². The smallest absolute Gasteiger partial charge is 0.251 e. The van der Waals surface area contributed by atoms with Crippen LogP contribution in [0.25, 0.3) is 0 Å². The summed E-state index contributed by atoms with van der Waals surface area (Å²) in [6, 6.07) is 6.11. The van der Waals surface area contributed by atoms with Crippen LogP contribution in [0.1, 0.15) is 34.3 Å². The topological polar surface area (TPSA) is 29.1 Å². The second-order valence-corrected chi connectivity index (χ2v) is 5.21. The number of fused-ring (bicyclic) bond motifs is 1. The molecular formula is C13H16INO. The van der Waals surface area contributed by atoms with Crippen molar-refractivity contribution in [1.29, 1.82) is 0 Å². The van der Waals surface area contributed by atoms with Crippen LogP contribution in [0.3, 0.4) is 0 Å². The molecule has 3 heteroatoms. The number of carbonyl (C=O) groups is 1. The zero-order chi connectivity index (χ0) is 11.4. The van der Waals surface area contributed by atoms with Gasteiger partial charge >= 0.3 is 0 Å². The fourth-order valence-electron chi connectivity index (χ4n) is 2.08. The number of hydrogen-bond donors (Lipinski definition) is 1. The first-order valence-corrected chi connectivity index (χ1v) is 7.30. The highest BCUT2D eigenvalue weighted by molar-refractivity contribution is 14.1. The average Bonchev–Trinajstić information content (AvgIpc) is 2.76. The highest BCUT2D eigenvalue weighted by Crippen LogP contribution is 2.22. The standard InChI is InChI=1S/C13H16INO/c14-7-2-8-15-13(16)12-6-5-10-3-1-4-11(10)9-12/h5-6,9H,1-4,7-8H2,(H,15,16). The molecule has 1 aromatic carbocycles. The zero-order valence-corrected chi connectivity index (χ0v) is 11.4. The number of amides is 1. The minimum Gasteiger partial charge on any atom is -0.352 e. The lowest BCUT2D eigenvalue weighted by Crippen LogP contribution is -2.24. The molecule has 0 unspecified atom stereocenters. The minimum absolute atomic E-state index is 0.0690. The molecule has 0 aromatic heterocycles. The second kappa shape index (κ2) is 5.66. The van der Waals surface area contributed by atoms with Gasteiger partial charge in [0.05, 0.1) is 0 Å². The lowest BCUT2D eigenvalue weighted by atomic mass is 10.1. The van der Waals surface area contributed by atoms with Crippen LogP contribution >= 0.6 is 22.6 Å². The number of benzene rings is 1. The Morgan fingerprint density at radius 3 is 2.94 bits per heavy atom. The van der Waals surface area contributed by atoms with E-state index in [2.05, 4.69) is 40.0 Å². The van der Waals surface area contributed by atoms with E-state index in [0.717, 1.165) is 29.4 Å². The summed E-state index contributed by atoms with van der Waals surface area (Å²) in [5, 5.41) is 2.95. The van der Waals surface area contributed by atoms with Gasteiger partial charge in [-0.25, -0.2) is 0 Å². The monoisotopic (exact) mass is 329 g/mol. The number of halogens is 1. The quantitative estimate of drug-likeness (QED) is 0.514. The highest BCUT2D eigenvalue weighted by Gasteiger charge is 2.13. The molecule has 0 saturated carbocycles. The molecule has 1 amide bonds. The maximum absolute atomic E-state index is 11.8. The van der Waals surface area contributed by atoms with Crippen molar-refractivity contribution in [2.45, 2.75) is 25.7 Å². The van der Waals surface area contributed by atoms with Crippen molar-refractivity contribution < 1.29 is 4.79 Å². The highest BCUT2D eigenvalue weighted by atomic mass is 127. The van der Waals surface area contributed by atoms with Crippen molar-refractivity contribution >= 4 is 28.5 Å². The molecule has 1 N–H and O–H groups in total. The van der Waals surface area contributed by atoms with Crippen LogP contribution in [-0.4, -0.2) is 16.9 Å². The Kier molecular flexibility index (Phi) is 4.21. The van der Waals surface area contributed by atoms with Crippen molar-refractivity contribution in [3.8, 4) is 0 Å². The van der Waals surface area contributed by atoms with E-state index in [1.54, 1.807) is 0 Å². The van der Waals surface area contributed by atoms with Crippen LogP contribution in [0.2, 0.25) is 0 Å². The molecular weight excluding hydrogens is 313 g/mol. The third-order valence-electron chi connectivity index (χ3n) is 2.96. The summed E-state index contributed by atoms with van der Waals surface area (Å²) in [5.41, 5.74) is 3.60. The molecule has 0 aliphatic heterocycles. The third-order valence-corrected chi connectivity index (χ3v) is 3.72. The van der Waals surface area contributed by atoms with Crippen molar-refractivity contribution in [2.24, 2.45) is 0 Å². The van der Waals surface area contributed by atoms with E-state index < -0.39 is 0 Å². The van der Waals surface area contributed by atoms with Gasteiger partial charge in [-0.3, -0.25) is 4.79 Å². The lowest BCUT2D eigenvalue weighted by molar-refractivity contribution is 0.0954. The van der Waals surface area contributed by atoms with Crippen molar-refractivity contribution in [2.75, 3.05) is 11.0 Å². The molecule has 0 atom stereocenters. The molecule has 1 aromatic rings. The summed E-state index contributed by atoms with van der Waals surface area (Å²) < 4.78 is 1.09. The van der Waals surface area contributed by atoms with Crippen LogP contribution in [0.4, 0.5) is 0 Å². The van der Waals surface area contributed by atoms with E-state index >= 15 is 0 Å². The summed E-state index contributed by atoms with van der Waals surface area (Å²) in [5.74, 6) is 0.0690. The van der Waals surface area contributed by atoms with Crippen molar-refractivity contribution in [3.05, 3.63) is 34.9 Å². The average molecular weight is 329 g/mol. The fraction of sp³-hybridized carbons (Fsp3) is 0.462. The fourth-order valence-corrected chi connectivity index (χ4v) is 2.47. The Morgan fingerprint density at radius 1 is 1.31 bits per heavy atom. The van der Waals surface area contributed by atoms with Gasteiger partial charge in [-0.1, -0.05) is 28.7 Å².